The number of pyridine rings is 1. The standard InChI is InChI=1S/C22H19N3O/c1-15-4-3-5-18(12-15)22(26)23-19-8-6-17(7-9-19)20-14-25-11-10-16(2)13-21(25)24-20/h3-14H,1-2H3,(H,23,26). The lowest BCUT2D eigenvalue weighted by Crippen LogP contribution is -2.11. The first-order valence-electron chi connectivity index (χ1n) is 8.52. The highest BCUT2D eigenvalue weighted by molar-refractivity contribution is 6.04. The van der Waals surface area contributed by atoms with Crippen LogP contribution < -0.4 is 5.32 Å². The summed E-state index contributed by atoms with van der Waals surface area (Å²) in [6.45, 7) is 4.03. The molecule has 2 aromatic heterocycles. The molecule has 0 unspecified atom stereocenters. The number of imidazole rings is 1. The number of aromatic nitrogens is 2. The number of carbonyl (C=O) groups is 1. The van der Waals surface area contributed by atoms with E-state index in [0.717, 1.165) is 28.2 Å². The molecule has 4 nitrogen and oxygen atoms in total. The first-order chi connectivity index (χ1) is 12.6. The minimum absolute atomic E-state index is 0.107. The van der Waals surface area contributed by atoms with Crippen molar-refractivity contribution in [3.63, 3.8) is 0 Å². The van der Waals surface area contributed by atoms with Crippen LogP contribution in [0.25, 0.3) is 16.9 Å². The fourth-order valence-corrected chi connectivity index (χ4v) is 2.94. The SMILES string of the molecule is Cc1cccc(C(=O)Nc2ccc(-c3cn4ccc(C)cc4n3)cc2)c1. The average molecular weight is 341 g/mol. The van der Waals surface area contributed by atoms with Crippen molar-refractivity contribution in [1.29, 1.82) is 0 Å². The lowest BCUT2D eigenvalue weighted by Gasteiger charge is -2.06. The molecule has 0 aliphatic carbocycles. The van der Waals surface area contributed by atoms with Crippen molar-refractivity contribution in [2.45, 2.75) is 13.8 Å². The highest BCUT2D eigenvalue weighted by Crippen LogP contribution is 2.22. The van der Waals surface area contributed by atoms with Crippen LogP contribution in [-0.2, 0) is 0 Å². The number of benzene rings is 2. The van der Waals surface area contributed by atoms with Gasteiger partial charge in [0, 0.05) is 29.2 Å². The van der Waals surface area contributed by atoms with E-state index in [-0.39, 0.29) is 5.91 Å². The summed E-state index contributed by atoms with van der Waals surface area (Å²) in [5.41, 5.74) is 6.52. The number of hydrogen-bond acceptors (Lipinski definition) is 2. The molecule has 1 N–H and O–H groups in total. The van der Waals surface area contributed by atoms with E-state index in [2.05, 4.69) is 29.4 Å². The number of nitrogens with one attached hydrogen (secondary N) is 1. The Morgan fingerprint density at radius 3 is 2.50 bits per heavy atom. The molecule has 0 fully saturated rings. The van der Waals surface area contributed by atoms with E-state index in [1.54, 1.807) is 0 Å². The van der Waals surface area contributed by atoms with E-state index < -0.39 is 0 Å². The highest BCUT2D eigenvalue weighted by Gasteiger charge is 2.08. The van der Waals surface area contributed by atoms with Crippen molar-refractivity contribution < 1.29 is 4.79 Å². The Morgan fingerprint density at radius 2 is 1.73 bits per heavy atom. The maximum Gasteiger partial charge on any atom is 0.255 e. The van der Waals surface area contributed by atoms with Crippen molar-refractivity contribution in [2.24, 2.45) is 0 Å². The van der Waals surface area contributed by atoms with Gasteiger partial charge < -0.3 is 9.72 Å². The molecule has 0 spiro atoms. The molecule has 128 valence electrons. The first-order valence-corrected chi connectivity index (χ1v) is 8.52. The topological polar surface area (TPSA) is 46.4 Å². The summed E-state index contributed by atoms with van der Waals surface area (Å²) in [6.07, 6.45) is 4.02. The number of aryl methyl sites for hydroxylation is 2. The Hall–Kier alpha value is -3.40. The Morgan fingerprint density at radius 1 is 0.962 bits per heavy atom. The third-order valence-corrected chi connectivity index (χ3v) is 4.33. The normalized spacial score (nSPS) is 10.8. The monoisotopic (exact) mass is 341 g/mol. The van der Waals surface area contributed by atoms with E-state index in [4.69, 9.17) is 0 Å². The van der Waals surface area contributed by atoms with Crippen LogP contribution in [0.2, 0.25) is 0 Å². The number of anilines is 1. The van der Waals surface area contributed by atoms with E-state index in [1.807, 2.05) is 72.2 Å². The molecule has 2 aromatic carbocycles. The molecule has 0 aliphatic rings. The van der Waals surface area contributed by atoms with E-state index >= 15 is 0 Å². The van der Waals surface area contributed by atoms with Crippen LogP contribution in [0, 0.1) is 13.8 Å². The molecule has 0 atom stereocenters. The number of carbonyl (C=O) groups excluding carboxylic acids is 1. The maximum absolute atomic E-state index is 12.3. The van der Waals surface area contributed by atoms with Crippen LogP contribution in [0.1, 0.15) is 21.5 Å². The molecule has 4 rings (SSSR count). The molecule has 4 heteroatoms. The molecule has 26 heavy (non-hydrogen) atoms. The number of rotatable bonds is 3. The zero-order valence-electron chi connectivity index (χ0n) is 14.7. The Balaban J connectivity index is 1.55. The fraction of sp³-hybridized carbons (Fsp3) is 0.0909. The van der Waals surface area contributed by atoms with Crippen molar-refractivity contribution in [3.05, 3.63) is 89.7 Å². The zero-order valence-corrected chi connectivity index (χ0v) is 14.7. The third kappa shape index (κ3) is 3.22. The van der Waals surface area contributed by atoms with Gasteiger partial charge in [-0.1, -0.05) is 29.8 Å². The summed E-state index contributed by atoms with van der Waals surface area (Å²) in [5, 5.41) is 2.93. The third-order valence-electron chi connectivity index (χ3n) is 4.33. The van der Waals surface area contributed by atoms with Gasteiger partial charge in [-0.2, -0.15) is 0 Å². The summed E-state index contributed by atoms with van der Waals surface area (Å²) < 4.78 is 2.01. The van der Waals surface area contributed by atoms with Gasteiger partial charge >= 0.3 is 0 Å². The molecule has 0 radical (unpaired) electrons. The quantitative estimate of drug-likeness (QED) is 0.578. The van der Waals surface area contributed by atoms with Gasteiger partial charge in [0.15, 0.2) is 0 Å². The van der Waals surface area contributed by atoms with Gasteiger partial charge in [-0.3, -0.25) is 4.79 Å². The second-order valence-electron chi connectivity index (χ2n) is 6.50. The lowest BCUT2D eigenvalue weighted by atomic mass is 10.1. The highest BCUT2D eigenvalue weighted by atomic mass is 16.1. The van der Waals surface area contributed by atoms with Crippen molar-refractivity contribution in [2.75, 3.05) is 5.32 Å². The fourth-order valence-electron chi connectivity index (χ4n) is 2.94. The van der Waals surface area contributed by atoms with Crippen molar-refractivity contribution in [3.8, 4) is 11.3 Å². The molecule has 0 bridgehead atoms. The predicted octanol–water partition coefficient (Wildman–Crippen LogP) is 4.87. The number of fused-ring (bicyclic) bond motifs is 1. The van der Waals surface area contributed by atoms with Crippen molar-refractivity contribution in [1.82, 2.24) is 9.38 Å². The van der Waals surface area contributed by atoms with E-state index in [9.17, 15) is 4.79 Å². The molecule has 0 saturated heterocycles. The van der Waals surface area contributed by atoms with Gasteiger partial charge in [0.1, 0.15) is 5.65 Å². The van der Waals surface area contributed by atoms with Crippen molar-refractivity contribution >= 4 is 17.2 Å². The van der Waals surface area contributed by atoms with Gasteiger partial charge in [0.2, 0.25) is 0 Å². The minimum Gasteiger partial charge on any atom is -0.322 e. The Bertz CT molecular complexity index is 1090. The molecule has 0 saturated carbocycles. The van der Waals surface area contributed by atoms with Crippen LogP contribution in [-0.4, -0.2) is 15.3 Å². The smallest absolute Gasteiger partial charge is 0.255 e. The number of amides is 1. The second kappa shape index (κ2) is 6.48. The summed E-state index contributed by atoms with van der Waals surface area (Å²) in [4.78, 5) is 17.0. The average Bonchev–Trinajstić information content (AvgIpc) is 3.05. The summed E-state index contributed by atoms with van der Waals surface area (Å²) in [6, 6.07) is 19.4. The van der Waals surface area contributed by atoms with Gasteiger partial charge in [-0.05, 0) is 55.8 Å². The Labute approximate surface area is 152 Å². The lowest BCUT2D eigenvalue weighted by molar-refractivity contribution is 0.102. The first kappa shape index (κ1) is 16.1. The van der Waals surface area contributed by atoms with Gasteiger partial charge in [0.05, 0.1) is 5.69 Å². The van der Waals surface area contributed by atoms with Crippen LogP contribution in [0.4, 0.5) is 5.69 Å². The van der Waals surface area contributed by atoms with Crippen LogP contribution in [0.5, 0.6) is 0 Å². The molecular weight excluding hydrogens is 322 g/mol. The minimum atomic E-state index is -0.107. The molecule has 2 heterocycles. The van der Waals surface area contributed by atoms with Crippen LogP contribution in [0.15, 0.2) is 73.1 Å². The second-order valence-corrected chi connectivity index (χ2v) is 6.50. The largest absolute Gasteiger partial charge is 0.322 e. The van der Waals surface area contributed by atoms with E-state index in [1.165, 1.54) is 5.56 Å². The molecular formula is C22H19N3O. The molecule has 1 amide bonds. The zero-order chi connectivity index (χ0) is 18.1. The van der Waals surface area contributed by atoms with E-state index in [0.29, 0.717) is 5.56 Å². The summed E-state index contributed by atoms with van der Waals surface area (Å²) in [5.74, 6) is -0.107. The van der Waals surface area contributed by atoms with Crippen LogP contribution in [0.3, 0.4) is 0 Å². The Kier molecular flexibility index (Phi) is 4.01. The van der Waals surface area contributed by atoms with Gasteiger partial charge in [-0.15, -0.1) is 0 Å². The van der Waals surface area contributed by atoms with Crippen LogP contribution >= 0.6 is 0 Å². The van der Waals surface area contributed by atoms with Gasteiger partial charge in [-0.25, -0.2) is 4.98 Å². The maximum atomic E-state index is 12.3. The summed E-state index contributed by atoms with van der Waals surface area (Å²) in [7, 11) is 0. The molecule has 4 aromatic rings. The van der Waals surface area contributed by atoms with Gasteiger partial charge in [0.25, 0.3) is 5.91 Å². The number of hydrogen-bond donors (Lipinski definition) is 1. The molecule has 0 aliphatic heterocycles. The number of nitrogens with zero attached hydrogens (tertiary/aromatic N) is 2. The summed E-state index contributed by atoms with van der Waals surface area (Å²) >= 11 is 0. The predicted molar refractivity (Wildman–Crippen MR) is 104 cm³/mol.